The molecule has 0 bridgehead atoms. The first kappa shape index (κ1) is 10.8. The summed E-state index contributed by atoms with van der Waals surface area (Å²) in [4.78, 5) is 13.9. The normalized spacial score (nSPS) is 21.8. The number of carbonyl (C=O) groups excluding carboxylic acids is 1. The summed E-state index contributed by atoms with van der Waals surface area (Å²) in [6.07, 6.45) is 4.06. The SMILES string of the molecule is NC1CCN(C(=O)c2cc(C3CC3)on2)CC1. The van der Waals surface area contributed by atoms with Crippen LogP contribution in [-0.2, 0) is 0 Å². The van der Waals surface area contributed by atoms with Gasteiger partial charge in [-0.1, -0.05) is 5.16 Å². The van der Waals surface area contributed by atoms with Gasteiger partial charge in [0.05, 0.1) is 0 Å². The second-order valence-electron chi connectivity index (χ2n) is 5.02. The van der Waals surface area contributed by atoms with Crippen LogP contribution in [0.1, 0.15) is 47.8 Å². The maximum atomic E-state index is 12.1. The molecule has 2 N–H and O–H groups in total. The van der Waals surface area contributed by atoms with Gasteiger partial charge in [0.15, 0.2) is 5.69 Å². The smallest absolute Gasteiger partial charge is 0.276 e. The van der Waals surface area contributed by atoms with Gasteiger partial charge >= 0.3 is 0 Å². The molecule has 2 aliphatic rings. The molecule has 0 unspecified atom stereocenters. The fourth-order valence-corrected chi connectivity index (χ4v) is 2.21. The van der Waals surface area contributed by atoms with Crippen LogP contribution in [0.3, 0.4) is 0 Å². The molecule has 5 nitrogen and oxygen atoms in total. The quantitative estimate of drug-likeness (QED) is 0.833. The molecule has 1 aliphatic carbocycles. The summed E-state index contributed by atoms with van der Waals surface area (Å²) in [6, 6.07) is 2.03. The summed E-state index contributed by atoms with van der Waals surface area (Å²) in [5, 5.41) is 3.87. The second kappa shape index (κ2) is 4.14. The molecule has 2 fully saturated rings. The number of hydrogen-bond acceptors (Lipinski definition) is 4. The van der Waals surface area contributed by atoms with Crippen LogP contribution in [0.4, 0.5) is 0 Å². The van der Waals surface area contributed by atoms with Gasteiger partial charge in [0.1, 0.15) is 5.76 Å². The zero-order valence-corrected chi connectivity index (χ0v) is 9.76. The average Bonchev–Trinajstić information content (AvgIpc) is 3.07. The van der Waals surface area contributed by atoms with Crippen molar-refractivity contribution in [1.29, 1.82) is 0 Å². The van der Waals surface area contributed by atoms with E-state index in [-0.39, 0.29) is 11.9 Å². The molecule has 1 aliphatic heterocycles. The van der Waals surface area contributed by atoms with Crippen molar-refractivity contribution in [3.05, 3.63) is 17.5 Å². The molecular formula is C12H17N3O2. The van der Waals surface area contributed by atoms with Crippen LogP contribution in [0.25, 0.3) is 0 Å². The van der Waals surface area contributed by atoms with E-state index in [1.54, 1.807) is 6.07 Å². The summed E-state index contributed by atoms with van der Waals surface area (Å²) >= 11 is 0. The molecule has 0 aromatic carbocycles. The first-order valence-corrected chi connectivity index (χ1v) is 6.25. The number of carbonyl (C=O) groups is 1. The molecular weight excluding hydrogens is 218 g/mol. The van der Waals surface area contributed by atoms with Gasteiger partial charge in [-0.3, -0.25) is 4.79 Å². The Hall–Kier alpha value is -1.36. The van der Waals surface area contributed by atoms with Crippen molar-refractivity contribution in [1.82, 2.24) is 10.1 Å². The summed E-state index contributed by atoms with van der Waals surface area (Å²) < 4.78 is 5.20. The van der Waals surface area contributed by atoms with Gasteiger partial charge in [0, 0.05) is 31.1 Å². The minimum atomic E-state index is -0.0208. The number of aromatic nitrogens is 1. The lowest BCUT2D eigenvalue weighted by Crippen LogP contribution is -2.42. The molecule has 0 radical (unpaired) electrons. The highest BCUT2D eigenvalue weighted by Gasteiger charge is 2.30. The Morgan fingerprint density at radius 2 is 2.06 bits per heavy atom. The third kappa shape index (κ3) is 2.20. The van der Waals surface area contributed by atoms with E-state index >= 15 is 0 Å². The number of nitrogens with two attached hydrogens (primary N) is 1. The lowest BCUT2D eigenvalue weighted by atomic mass is 10.1. The molecule has 1 aromatic heterocycles. The van der Waals surface area contributed by atoms with Crippen LogP contribution in [0.15, 0.2) is 10.6 Å². The van der Waals surface area contributed by atoms with E-state index in [4.69, 9.17) is 10.3 Å². The van der Waals surface area contributed by atoms with E-state index in [1.165, 1.54) is 0 Å². The standard InChI is InChI=1S/C12H17N3O2/c13-9-3-5-15(6-4-9)12(16)10-7-11(17-14-10)8-1-2-8/h7-9H,1-6,13H2. The molecule has 92 valence electrons. The van der Waals surface area contributed by atoms with Crippen LogP contribution in [0, 0.1) is 0 Å². The number of likely N-dealkylation sites (tertiary alicyclic amines) is 1. The topological polar surface area (TPSA) is 72.4 Å². The van der Waals surface area contributed by atoms with E-state index in [0.29, 0.717) is 11.6 Å². The number of hydrogen-bond donors (Lipinski definition) is 1. The summed E-state index contributed by atoms with van der Waals surface area (Å²) in [5.41, 5.74) is 6.26. The van der Waals surface area contributed by atoms with Crippen molar-refractivity contribution >= 4 is 5.91 Å². The third-order valence-corrected chi connectivity index (χ3v) is 3.55. The molecule has 17 heavy (non-hydrogen) atoms. The van der Waals surface area contributed by atoms with Crippen LogP contribution in [-0.4, -0.2) is 35.1 Å². The maximum Gasteiger partial charge on any atom is 0.276 e. The van der Waals surface area contributed by atoms with E-state index in [9.17, 15) is 4.79 Å². The Labute approximate surface area is 99.9 Å². The van der Waals surface area contributed by atoms with Crippen molar-refractivity contribution in [3.63, 3.8) is 0 Å². The number of piperidine rings is 1. The molecule has 0 atom stereocenters. The van der Waals surface area contributed by atoms with E-state index in [1.807, 2.05) is 4.90 Å². The summed E-state index contributed by atoms with van der Waals surface area (Å²) in [7, 11) is 0. The van der Waals surface area contributed by atoms with Crippen LogP contribution >= 0.6 is 0 Å². The first-order chi connectivity index (χ1) is 8.24. The largest absolute Gasteiger partial charge is 0.360 e. The average molecular weight is 235 g/mol. The van der Waals surface area contributed by atoms with Crippen LogP contribution in [0.5, 0.6) is 0 Å². The Bertz CT molecular complexity index is 417. The van der Waals surface area contributed by atoms with Gasteiger partial charge in [0.2, 0.25) is 0 Å². The van der Waals surface area contributed by atoms with E-state index < -0.39 is 0 Å². The Kier molecular flexibility index (Phi) is 2.63. The lowest BCUT2D eigenvalue weighted by Gasteiger charge is -2.29. The predicted octanol–water partition coefficient (Wildman–Crippen LogP) is 1.12. The second-order valence-corrected chi connectivity index (χ2v) is 5.02. The fourth-order valence-electron chi connectivity index (χ4n) is 2.21. The predicted molar refractivity (Wildman–Crippen MR) is 61.6 cm³/mol. The monoisotopic (exact) mass is 235 g/mol. The van der Waals surface area contributed by atoms with E-state index in [0.717, 1.165) is 44.5 Å². The van der Waals surface area contributed by atoms with Crippen molar-refractivity contribution < 1.29 is 9.32 Å². The van der Waals surface area contributed by atoms with Crippen molar-refractivity contribution in [2.45, 2.75) is 37.6 Å². The molecule has 1 saturated heterocycles. The molecule has 1 amide bonds. The minimum absolute atomic E-state index is 0.0208. The molecule has 0 spiro atoms. The minimum Gasteiger partial charge on any atom is -0.360 e. The molecule has 5 heteroatoms. The molecule has 2 heterocycles. The summed E-state index contributed by atoms with van der Waals surface area (Å²) in [6.45, 7) is 1.46. The highest BCUT2D eigenvalue weighted by Crippen LogP contribution is 2.40. The Balaban J connectivity index is 1.67. The molecule has 3 rings (SSSR count). The van der Waals surface area contributed by atoms with Gasteiger partial charge < -0.3 is 15.2 Å². The fraction of sp³-hybridized carbons (Fsp3) is 0.667. The van der Waals surface area contributed by atoms with Crippen molar-refractivity contribution in [3.8, 4) is 0 Å². The maximum absolute atomic E-state index is 12.1. The summed E-state index contributed by atoms with van der Waals surface area (Å²) in [5.74, 6) is 1.34. The zero-order valence-electron chi connectivity index (χ0n) is 9.76. The zero-order chi connectivity index (χ0) is 11.8. The van der Waals surface area contributed by atoms with Gasteiger partial charge in [0.25, 0.3) is 5.91 Å². The van der Waals surface area contributed by atoms with Gasteiger partial charge in [-0.05, 0) is 25.7 Å². The number of rotatable bonds is 2. The van der Waals surface area contributed by atoms with E-state index in [2.05, 4.69) is 5.16 Å². The lowest BCUT2D eigenvalue weighted by molar-refractivity contribution is 0.0704. The third-order valence-electron chi connectivity index (χ3n) is 3.55. The van der Waals surface area contributed by atoms with Crippen molar-refractivity contribution in [2.24, 2.45) is 5.73 Å². The highest BCUT2D eigenvalue weighted by molar-refractivity contribution is 5.92. The number of amides is 1. The number of nitrogens with zero attached hydrogens (tertiary/aromatic N) is 2. The van der Waals surface area contributed by atoms with Crippen LogP contribution in [0.2, 0.25) is 0 Å². The van der Waals surface area contributed by atoms with Gasteiger partial charge in [-0.2, -0.15) is 0 Å². The highest BCUT2D eigenvalue weighted by atomic mass is 16.5. The van der Waals surface area contributed by atoms with Crippen LogP contribution < -0.4 is 5.73 Å². The van der Waals surface area contributed by atoms with Crippen molar-refractivity contribution in [2.75, 3.05) is 13.1 Å². The first-order valence-electron chi connectivity index (χ1n) is 6.25. The Morgan fingerprint density at radius 1 is 1.35 bits per heavy atom. The van der Waals surface area contributed by atoms with Gasteiger partial charge in [-0.15, -0.1) is 0 Å². The molecule has 1 aromatic rings. The Morgan fingerprint density at radius 3 is 2.71 bits per heavy atom. The molecule has 1 saturated carbocycles. The van der Waals surface area contributed by atoms with Gasteiger partial charge in [-0.25, -0.2) is 0 Å².